The van der Waals surface area contributed by atoms with Gasteiger partial charge >= 0.3 is 0 Å². The molecule has 2 aromatic carbocycles. The third-order valence-electron chi connectivity index (χ3n) is 3.72. The van der Waals surface area contributed by atoms with Crippen molar-refractivity contribution in [3.8, 4) is 0 Å². The van der Waals surface area contributed by atoms with Crippen LogP contribution in [-0.2, 0) is 10.0 Å². The normalized spacial score (nSPS) is 10.8. The van der Waals surface area contributed by atoms with E-state index in [1.165, 1.54) is 17.0 Å². The molecule has 0 bridgehead atoms. The largest absolute Gasteiger partial charge is 0.331 e. The molecule has 0 saturated heterocycles. The Morgan fingerprint density at radius 2 is 1.62 bits per heavy atom. The molecule has 1 N–H and O–H groups in total. The third kappa shape index (κ3) is 4.61. The molecule has 0 aliphatic carbocycles. The minimum Gasteiger partial charge on any atom is -0.331 e. The molecule has 0 atom stereocenters. The minimum absolute atomic E-state index is 0.138. The van der Waals surface area contributed by atoms with Crippen molar-refractivity contribution in [1.82, 2.24) is 4.90 Å². The number of rotatable bonds is 8. The van der Waals surface area contributed by atoms with E-state index in [0.29, 0.717) is 13.1 Å². The van der Waals surface area contributed by atoms with Crippen molar-refractivity contribution in [2.24, 2.45) is 0 Å². The van der Waals surface area contributed by atoms with E-state index in [2.05, 4.69) is 17.9 Å². The Kier molecular flexibility index (Phi) is 6.36. The van der Waals surface area contributed by atoms with E-state index >= 15 is 0 Å². The number of carbonyl (C=O) groups excluding carboxylic acids is 1. The van der Waals surface area contributed by atoms with Gasteiger partial charge in [0.25, 0.3) is 15.9 Å². The number of sulfonamides is 1. The summed E-state index contributed by atoms with van der Waals surface area (Å²) in [7, 11) is -3.80. The number of amides is 1. The summed E-state index contributed by atoms with van der Waals surface area (Å²) in [6.07, 6.45) is 3.22. The molecule has 0 radical (unpaired) electrons. The fourth-order valence-corrected chi connectivity index (χ4v) is 3.48. The number of para-hydroxylation sites is 1. The first-order valence-corrected chi connectivity index (χ1v) is 9.57. The Balaban J connectivity index is 2.36. The Morgan fingerprint density at radius 1 is 1.04 bits per heavy atom. The van der Waals surface area contributed by atoms with Gasteiger partial charge in [0.05, 0.1) is 16.1 Å². The molecule has 6 heteroatoms. The molecule has 0 spiro atoms. The first kappa shape index (κ1) is 19.5. The zero-order valence-corrected chi connectivity index (χ0v) is 15.5. The maximum absolute atomic E-state index is 12.8. The van der Waals surface area contributed by atoms with Crippen LogP contribution in [0.4, 0.5) is 5.69 Å². The SMILES string of the molecule is C=CCN(CC=C)C(=O)c1ccccc1NS(=O)(=O)c1ccc(C)cc1. The van der Waals surface area contributed by atoms with E-state index in [1.807, 2.05) is 6.92 Å². The number of anilines is 1. The fourth-order valence-electron chi connectivity index (χ4n) is 2.40. The van der Waals surface area contributed by atoms with Crippen LogP contribution in [0, 0.1) is 6.92 Å². The average molecular weight is 370 g/mol. The zero-order chi connectivity index (χ0) is 19.2. The molecule has 1 amide bonds. The third-order valence-corrected chi connectivity index (χ3v) is 5.10. The van der Waals surface area contributed by atoms with E-state index in [0.717, 1.165) is 5.56 Å². The first-order valence-electron chi connectivity index (χ1n) is 8.08. The van der Waals surface area contributed by atoms with Crippen LogP contribution >= 0.6 is 0 Å². The van der Waals surface area contributed by atoms with Crippen LogP contribution in [0.3, 0.4) is 0 Å². The van der Waals surface area contributed by atoms with Crippen molar-refractivity contribution in [1.29, 1.82) is 0 Å². The summed E-state index contributed by atoms with van der Waals surface area (Å²) in [6, 6.07) is 13.0. The summed E-state index contributed by atoms with van der Waals surface area (Å²) in [5.41, 5.74) is 1.46. The summed E-state index contributed by atoms with van der Waals surface area (Å²) in [6.45, 7) is 9.85. The van der Waals surface area contributed by atoms with E-state index < -0.39 is 10.0 Å². The molecule has 136 valence electrons. The van der Waals surface area contributed by atoms with Gasteiger partial charge in [0.2, 0.25) is 0 Å². The molecule has 0 aromatic heterocycles. The van der Waals surface area contributed by atoms with Crippen LogP contribution in [0.15, 0.2) is 78.7 Å². The van der Waals surface area contributed by atoms with Gasteiger partial charge in [-0.05, 0) is 31.2 Å². The van der Waals surface area contributed by atoms with E-state index in [1.54, 1.807) is 48.6 Å². The van der Waals surface area contributed by atoms with Crippen molar-refractivity contribution in [2.75, 3.05) is 17.8 Å². The molecule has 0 unspecified atom stereocenters. The molecule has 0 fully saturated rings. The molecule has 5 nitrogen and oxygen atoms in total. The van der Waals surface area contributed by atoms with Gasteiger partial charge in [-0.25, -0.2) is 8.42 Å². The summed E-state index contributed by atoms with van der Waals surface area (Å²) in [5, 5.41) is 0. The molecule has 26 heavy (non-hydrogen) atoms. The number of hydrogen-bond acceptors (Lipinski definition) is 3. The number of nitrogens with one attached hydrogen (secondary N) is 1. The number of aryl methyl sites for hydroxylation is 1. The molecule has 0 aliphatic rings. The molecule has 2 aromatic rings. The van der Waals surface area contributed by atoms with Crippen LogP contribution in [0.2, 0.25) is 0 Å². The predicted molar refractivity (Wildman–Crippen MR) is 105 cm³/mol. The lowest BCUT2D eigenvalue weighted by atomic mass is 10.1. The Labute approximate surface area is 154 Å². The molecular formula is C20H22N2O3S. The highest BCUT2D eigenvalue weighted by atomic mass is 32.2. The predicted octanol–water partition coefficient (Wildman–Crippen LogP) is 3.61. The number of benzene rings is 2. The second kappa shape index (κ2) is 8.49. The average Bonchev–Trinajstić information content (AvgIpc) is 2.61. The van der Waals surface area contributed by atoms with Gasteiger partial charge < -0.3 is 4.90 Å². The highest BCUT2D eigenvalue weighted by Crippen LogP contribution is 2.22. The van der Waals surface area contributed by atoms with Crippen LogP contribution in [0.1, 0.15) is 15.9 Å². The zero-order valence-electron chi connectivity index (χ0n) is 14.7. The highest BCUT2D eigenvalue weighted by Gasteiger charge is 2.21. The molecule has 0 aliphatic heterocycles. The Bertz CT molecular complexity index is 893. The smallest absolute Gasteiger partial charge is 0.261 e. The lowest BCUT2D eigenvalue weighted by molar-refractivity contribution is 0.0792. The minimum atomic E-state index is -3.80. The van der Waals surface area contributed by atoms with Gasteiger partial charge in [0.15, 0.2) is 0 Å². The Hall–Kier alpha value is -2.86. The monoisotopic (exact) mass is 370 g/mol. The van der Waals surface area contributed by atoms with Gasteiger partial charge in [-0.2, -0.15) is 0 Å². The maximum atomic E-state index is 12.8. The number of hydrogen-bond donors (Lipinski definition) is 1. The van der Waals surface area contributed by atoms with Crippen LogP contribution in [-0.4, -0.2) is 32.3 Å². The highest BCUT2D eigenvalue weighted by molar-refractivity contribution is 7.92. The first-order chi connectivity index (χ1) is 12.4. The molecule has 0 saturated carbocycles. The van der Waals surface area contributed by atoms with Crippen molar-refractivity contribution < 1.29 is 13.2 Å². The van der Waals surface area contributed by atoms with Crippen molar-refractivity contribution in [3.05, 3.63) is 85.0 Å². The quantitative estimate of drug-likeness (QED) is 0.722. The van der Waals surface area contributed by atoms with Crippen LogP contribution < -0.4 is 4.72 Å². The summed E-state index contributed by atoms with van der Waals surface area (Å²) in [4.78, 5) is 14.5. The summed E-state index contributed by atoms with van der Waals surface area (Å²) in [5.74, 6) is -0.299. The lowest BCUT2D eigenvalue weighted by Crippen LogP contribution is -2.32. The number of nitrogens with zero attached hydrogens (tertiary/aromatic N) is 1. The maximum Gasteiger partial charge on any atom is 0.261 e. The van der Waals surface area contributed by atoms with Gasteiger partial charge in [-0.1, -0.05) is 42.0 Å². The van der Waals surface area contributed by atoms with Crippen molar-refractivity contribution in [2.45, 2.75) is 11.8 Å². The van der Waals surface area contributed by atoms with Crippen LogP contribution in [0.25, 0.3) is 0 Å². The topological polar surface area (TPSA) is 66.5 Å². The van der Waals surface area contributed by atoms with E-state index in [9.17, 15) is 13.2 Å². The lowest BCUT2D eigenvalue weighted by Gasteiger charge is -2.21. The van der Waals surface area contributed by atoms with Gasteiger partial charge in [0.1, 0.15) is 0 Å². The molecule has 0 heterocycles. The number of carbonyl (C=O) groups is 1. The van der Waals surface area contributed by atoms with Crippen molar-refractivity contribution in [3.63, 3.8) is 0 Å². The van der Waals surface area contributed by atoms with E-state index in [4.69, 9.17) is 0 Å². The fraction of sp³-hybridized carbons (Fsp3) is 0.150. The van der Waals surface area contributed by atoms with Gasteiger partial charge in [-0.15, -0.1) is 13.2 Å². The van der Waals surface area contributed by atoms with Gasteiger partial charge in [0, 0.05) is 13.1 Å². The van der Waals surface area contributed by atoms with Crippen molar-refractivity contribution >= 4 is 21.6 Å². The molecule has 2 rings (SSSR count). The second-order valence-electron chi connectivity index (χ2n) is 5.75. The summed E-state index contributed by atoms with van der Waals surface area (Å²) >= 11 is 0. The molecular weight excluding hydrogens is 348 g/mol. The van der Waals surface area contributed by atoms with E-state index in [-0.39, 0.29) is 22.1 Å². The summed E-state index contributed by atoms with van der Waals surface area (Å²) < 4.78 is 27.8. The van der Waals surface area contributed by atoms with Gasteiger partial charge in [-0.3, -0.25) is 9.52 Å². The second-order valence-corrected chi connectivity index (χ2v) is 7.43. The Morgan fingerprint density at radius 3 is 2.19 bits per heavy atom. The van der Waals surface area contributed by atoms with Crippen LogP contribution in [0.5, 0.6) is 0 Å². The standard InChI is InChI=1S/C20H22N2O3S/c1-4-14-22(15-5-2)20(23)18-8-6-7-9-19(18)21-26(24,25)17-12-10-16(3)11-13-17/h4-13,21H,1-2,14-15H2,3H3.